The Morgan fingerprint density at radius 2 is 1.82 bits per heavy atom. The van der Waals surface area contributed by atoms with Crippen LogP contribution in [0.15, 0.2) is 46.0 Å². The standard InChI is InChI=1S/C18H14Cl3N3O3S/c1-26-12-4-2-10(3-5-12)6-16-23-24-18(27-16)28-9-15(25)22-17-13(20)7-11(19)8-14(17)21/h2-5,7-8H,6,9H2,1H3,(H,22,25). The maximum absolute atomic E-state index is 12.1. The van der Waals surface area contributed by atoms with E-state index in [9.17, 15) is 4.79 Å². The predicted molar refractivity (Wildman–Crippen MR) is 111 cm³/mol. The van der Waals surface area contributed by atoms with Gasteiger partial charge in [-0.25, -0.2) is 0 Å². The van der Waals surface area contributed by atoms with Gasteiger partial charge in [-0.2, -0.15) is 0 Å². The molecule has 3 rings (SSSR count). The van der Waals surface area contributed by atoms with Crippen molar-refractivity contribution in [1.29, 1.82) is 0 Å². The molecule has 0 saturated heterocycles. The van der Waals surface area contributed by atoms with Crippen molar-refractivity contribution >= 4 is 58.2 Å². The molecule has 10 heteroatoms. The lowest BCUT2D eigenvalue weighted by Gasteiger charge is -2.09. The first-order valence-electron chi connectivity index (χ1n) is 7.97. The van der Waals surface area contributed by atoms with E-state index in [1.165, 1.54) is 12.1 Å². The van der Waals surface area contributed by atoms with Gasteiger partial charge in [-0.1, -0.05) is 58.7 Å². The number of hydrogen-bond donors (Lipinski definition) is 1. The van der Waals surface area contributed by atoms with E-state index in [4.69, 9.17) is 44.0 Å². The fourth-order valence-corrected chi connectivity index (χ4v) is 3.74. The number of carbonyl (C=O) groups excluding carboxylic acids is 1. The summed E-state index contributed by atoms with van der Waals surface area (Å²) in [6.45, 7) is 0. The van der Waals surface area contributed by atoms with Crippen molar-refractivity contribution in [2.45, 2.75) is 11.6 Å². The maximum Gasteiger partial charge on any atom is 0.277 e. The van der Waals surface area contributed by atoms with Crippen LogP contribution in [0.3, 0.4) is 0 Å². The SMILES string of the molecule is COc1ccc(Cc2nnc(SCC(=O)Nc3c(Cl)cc(Cl)cc3Cl)o2)cc1. The van der Waals surface area contributed by atoms with Gasteiger partial charge in [-0.3, -0.25) is 4.79 Å². The number of hydrogen-bond acceptors (Lipinski definition) is 6. The third kappa shape index (κ3) is 5.54. The maximum atomic E-state index is 12.1. The fraction of sp³-hybridized carbons (Fsp3) is 0.167. The third-order valence-corrected chi connectivity index (χ3v) is 5.19. The van der Waals surface area contributed by atoms with E-state index in [1.54, 1.807) is 7.11 Å². The zero-order chi connectivity index (χ0) is 20.1. The van der Waals surface area contributed by atoms with E-state index >= 15 is 0 Å². The topological polar surface area (TPSA) is 77.2 Å². The van der Waals surface area contributed by atoms with Gasteiger partial charge >= 0.3 is 0 Å². The number of ether oxygens (including phenoxy) is 1. The second-order valence-corrected chi connectivity index (χ2v) is 7.75. The molecule has 146 valence electrons. The van der Waals surface area contributed by atoms with Crippen molar-refractivity contribution in [3.63, 3.8) is 0 Å². The van der Waals surface area contributed by atoms with Crippen LogP contribution in [0.1, 0.15) is 11.5 Å². The normalized spacial score (nSPS) is 10.7. The van der Waals surface area contributed by atoms with Crippen LogP contribution in [0.4, 0.5) is 5.69 Å². The summed E-state index contributed by atoms with van der Waals surface area (Å²) in [6.07, 6.45) is 0.486. The molecule has 6 nitrogen and oxygen atoms in total. The highest BCUT2D eigenvalue weighted by molar-refractivity contribution is 7.99. The lowest BCUT2D eigenvalue weighted by Crippen LogP contribution is -2.14. The molecule has 0 aliphatic carbocycles. The van der Waals surface area contributed by atoms with Gasteiger partial charge in [0.2, 0.25) is 11.8 Å². The second-order valence-electron chi connectivity index (χ2n) is 5.57. The van der Waals surface area contributed by atoms with Crippen molar-refractivity contribution in [2.24, 2.45) is 0 Å². The molecule has 0 fully saturated rings. The minimum atomic E-state index is -0.314. The van der Waals surface area contributed by atoms with Crippen molar-refractivity contribution in [3.05, 3.63) is 62.9 Å². The van der Waals surface area contributed by atoms with Crippen LogP contribution < -0.4 is 10.1 Å². The van der Waals surface area contributed by atoms with Crippen LogP contribution in [-0.4, -0.2) is 29.0 Å². The zero-order valence-corrected chi connectivity index (χ0v) is 17.6. The van der Waals surface area contributed by atoms with Gasteiger partial charge in [0.15, 0.2) is 0 Å². The average molecular weight is 459 g/mol. The second kappa shape index (κ2) is 9.52. The zero-order valence-electron chi connectivity index (χ0n) is 14.5. The number of nitrogens with zero attached hydrogens (tertiary/aromatic N) is 2. The van der Waals surface area contributed by atoms with Crippen LogP contribution in [0.25, 0.3) is 0 Å². The molecule has 0 aliphatic rings. The summed E-state index contributed by atoms with van der Waals surface area (Å²) >= 11 is 19.1. The lowest BCUT2D eigenvalue weighted by molar-refractivity contribution is -0.113. The molecule has 1 N–H and O–H groups in total. The van der Waals surface area contributed by atoms with E-state index in [0.29, 0.717) is 28.2 Å². The molecule has 28 heavy (non-hydrogen) atoms. The van der Waals surface area contributed by atoms with E-state index in [2.05, 4.69) is 15.5 Å². The Kier molecular flexibility index (Phi) is 7.07. The number of amides is 1. The molecule has 0 aliphatic heterocycles. The van der Waals surface area contributed by atoms with Crippen molar-refractivity contribution in [3.8, 4) is 5.75 Å². The van der Waals surface area contributed by atoms with Crippen molar-refractivity contribution in [2.75, 3.05) is 18.2 Å². The minimum Gasteiger partial charge on any atom is -0.497 e. The summed E-state index contributed by atoms with van der Waals surface area (Å²) in [5.41, 5.74) is 1.31. The van der Waals surface area contributed by atoms with Gasteiger partial charge < -0.3 is 14.5 Å². The summed E-state index contributed by atoms with van der Waals surface area (Å²) in [5.74, 6) is 0.972. The molecular formula is C18H14Cl3N3O3S. The van der Waals surface area contributed by atoms with Crippen LogP contribution in [0.2, 0.25) is 15.1 Å². The van der Waals surface area contributed by atoms with Gasteiger partial charge in [0.05, 0.1) is 35.0 Å². The van der Waals surface area contributed by atoms with Crippen LogP contribution >= 0.6 is 46.6 Å². The van der Waals surface area contributed by atoms with Crippen molar-refractivity contribution < 1.29 is 13.9 Å². The summed E-state index contributed by atoms with van der Waals surface area (Å²) < 4.78 is 10.7. The number of thioether (sulfide) groups is 1. The minimum absolute atomic E-state index is 0.0550. The van der Waals surface area contributed by atoms with Gasteiger partial charge in [0, 0.05) is 5.02 Å². The number of aromatic nitrogens is 2. The fourth-order valence-electron chi connectivity index (χ4n) is 2.25. The monoisotopic (exact) mass is 457 g/mol. The molecule has 1 aromatic heterocycles. The molecule has 0 radical (unpaired) electrons. The first kappa shape index (κ1) is 20.8. The average Bonchev–Trinajstić information content (AvgIpc) is 3.11. The Labute approximate surface area is 180 Å². The molecule has 0 spiro atoms. The first-order chi connectivity index (χ1) is 13.4. The number of nitrogens with one attached hydrogen (secondary N) is 1. The van der Waals surface area contributed by atoms with Crippen LogP contribution in [-0.2, 0) is 11.2 Å². The number of rotatable bonds is 7. The number of methoxy groups -OCH3 is 1. The largest absolute Gasteiger partial charge is 0.497 e. The molecule has 1 amide bonds. The molecule has 2 aromatic carbocycles. The first-order valence-corrected chi connectivity index (χ1v) is 10.1. The molecular weight excluding hydrogens is 445 g/mol. The highest BCUT2D eigenvalue weighted by atomic mass is 35.5. The van der Waals surface area contributed by atoms with Crippen molar-refractivity contribution in [1.82, 2.24) is 10.2 Å². The third-order valence-electron chi connectivity index (χ3n) is 3.56. The molecule has 1 heterocycles. The number of halogens is 3. The Hall–Kier alpha value is -1.93. The van der Waals surface area contributed by atoms with Gasteiger partial charge in [0.1, 0.15) is 5.75 Å². The predicted octanol–water partition coefficient (Wildman–Crippen LogP) is 5.36. The molecule has 3 aromatic rings. The summed E-state index contributed by atoms with van der Waals surface area (Å²) in [4.78, 5) is 12.1. The smallest absolute Gasteiger partial charge is 0.277 e. The van der Waals surface area contributed by atoms with Crippen LogP contribution in [0, 0.1) is 0 Å². The molecule has 0 unspecified atom stereocenters. The highest BCUT2D eigenvalue weighted by Gasteiger charge is 2.14. The Morgan fingerprint density at radius 3 is 2.46 bits per heavy atom. The molecule has 0 saturated carbocycles. The van der Waals surface area contributed by atoms with Gasteiger partial charge in [-0.15, -0.1) is 10.2 Å². The summed E-state index contributed by atoms with van der Waals surface area (Å²) in [7, 11) is 1.61. The Morgan fingerprint density at radius 1 is 1.14 bits per heavy atom. The van der Waals surface area contributed by atoms with E-state index in [0.717, 1.165) is 23.1 Å². The van der Waals surface area contributed by atoms with E-state index in [-0.39, 0.29) is 21.7 Å². The van der Waals surface area contributed by atoms with E-state index in [1.807, 2.05) is 24.3 Å². The number of carbonyl (C=O) groups is 1. The highest BCUT2D eigenvalue weighted by Crippen LogP contribution is 2.33. The van der Waals surface area contributed by atoms with Gasteiger partial charge in [-0.05, 0) is 29.8 Å². The molecule has 0 atom stereocenters. The number of anilines is 1. The Bertz CT molecular complexity index is 957. The summed E-state index contributed by atoms with van der Waals surface area (Å²) in [6, 6.07) is 10.6. The summed E-state index contributed by atoms with van der Waals surface area (Å²) in [5, 5.41) is 11.8. The Balaban J connectivity index is 1.54. The van der Waals surface area contributed by atoms with Crippen LogP contribution in [0.5, 0.6) is 5.75 Å². The lowest BCUT2D eigenvalue weighted by atomic mass is 10.1. The quantitative estimate of drug-likeness (QED) is 0.480. The van der Waals surface area contributed by atoms with E-state index < -0.39 is 0 Å². The number of benzene rings is 2. The molecule has 0 bridgehead atoms. The van der Waals surface area contributed by atoms with Gasteiger partial charge in [0.25, 0.3) is 5.22 Å².